The Bertz CT molecular complexity index is 67.3. The molecule has 1 saturated heterocycles. The summed E-state index contributed by atoms with van der Waals surface area (Å²) < 4.78 is 0. The average molecular weight is 184 g/mol. The zero-order chi connectivity index (χ0) is 5.11. The molecule has 0 radical (unpaired) electrons. The predicted octanol–water partition coefficient (Wildman–Crippen LogP) is 2.32. The van der Waals surface area contributed by atoms with Crippen LogP contribution >= 0.6 is 11.8 Å². The minimum Gasteiger partial charge on any atom is -0.517 e. The first-order chi connectivity index (χ1) is 3.43. The second kappa shape index (κ2) is 6.73. The quantitative estimate of drug-likeness (QED) is 0.445. The number of hydrogen-bond acceptors (Lipinski definition) is 1. The van der Waals surface area contributed by atoms with Gasteiger partial charge in [-0.15, -0.1) is 0 Å². The minimum absolute atomic E-state index is 0. The molecule has 0 spiro atoms. The summed E-state index contributed by atoms with van der Waals surface area (Å²) in [4.78, 5) is 0. The Morgan fingerprint density at radius 1 is 1.56 bits per heavy atom. The van der Waals surface area contributed by atoms with Crippen LogP contribution in [0.15, 0.2) is 6.08 Å². The van der Waals surface area contributed by atoms with Crippen molar-refractivity contribution < 1.29 is 17.1 Å². The van der Waals surface area contributed by atoms with Gasteiger partial charge in [0.2, 0.25) is 0 Å². The van der Waals surface area contributed by atoms with Gasteiger partial charge in [-0.25, -0.2) is 0 Å². The van der Waals surface area contributed by atoms with Gasteiger partial charge in [-0.05, 0) is 23.8 Å². The van der Waals surface area contributed by atoms with Crippen LogP contribution in [0.25, 0.3) is 0 Å². The molecule has 2 heteroatoms. The van der Waals surface area contributed by atoms with Gasteiger partial charge in [-0.1, -0.05) is 0 Å². The van der Waals surface area contributed by atoms with E-state index in [0.717, 1.165) is 0 Å². The van der Waals surface area contributed by atoms with E-state index in [-0.39, 0.29) is 24.5 Å². The molecule has 0 amide bonds. The number of rotatable bonds is 1. The third-order valence-electron chi connectivity index (χ3n) is 1.18. The third-order valence-corrected chi connectivity index (χ3v) is 2.52. The van der Waals surface area contributed by atoms with Crippen LogP contribution in [0.5, 0.6) is 0 Å². The molecule has 1 fully saturated rings. The zero-order valence-electron chi connectivity index (χ0n) is 5.62. The Balaban J connectivity index is 0. The van der Waals surface area contributed by atoms with E-state index in [4.69, 9.17) is 6.58 Å². The smallest absolute Gasteiger partial charge is 0.517 e. The van der Waals surface area contributed by atoms with Crippen molar-refractivity contribution in [1.29, 1.82) is 0 Å². The SMILES string of the molecule is [CH-]=CC1CCCS1.[CH3-].[Fe+2]. The van der Waals surface area contributed by atoms with Crippen molar-refractivity contribution in [1.82, 2.24) is 0 Å². The predicted molar refractivity (Wildman–Crippen MR) is 40.8 cm³/mol. The Labute approximate surface area is 73.0 Å². The molecular formula is C7H12FeS. The molecule has 1 rings (SSSR count). The molecule has 9 heavy (non-hydrogen) atoms. The maximum Gasteiger partial charge on any atom is 2.00 e. The summed E-state index contributed by atoms with van der Waals surface area (Å²) >= 11 is 1.96. The summed E-state index contributed by atoms with van der Waals surface area (Å²) in [7, 11) is 0. The first-order valence-electron chi connectivity index (χ1n) is 2.60. The van der Waals surface area contributed by atoms with E-state index in [0.29, 0.717) is 5.25 Å². The van der Waals surface area contributed by atoms with Gasteiger partial charge in [0.05, 0.1) is 0 Å². The fourth-order valence-electron chi connectivity index (χ4n) is 0.754. The van der Waals surface area contributed by atoms with Crippen molar-refractivity contribution >= 4 is 11.8 Å². The van der Waals surface area contributed by atoms with E-state index in [1.807, 2.05) is 11.8 Å². The van der Waals surface area contributed by atoms with Crippen molar-refractivity contribution in [2.45, 2.75) is 18.1 Å². The third kappa shape index (κ3) is 4.07. The molecular weight excluding hydrogens is 172 g/mol. The summed E-state index contributed by atoms with van der Waals surface area (Å²) in [6, 6.07) is 0. The number of thioether (sulfide) groups is 1. The van der Waals surface area contributed by atoms with E-state index in [1.54, 1.807) is 6.08 Å². The van der Waals surface area contributed by atoms with Crippen LogP contribution < -0.4 is 0 Å². The van der Waals surface area contributed by atoms with E-state index >= 15 is 0 Å². The molecule has 1 heterocycles. The van der Waals surface area contributed by atoms with Crippen LogP contribution in [0.2, 0.25) is 0 Å². The van der Waals surface area contributed by atoms with Gasteiger partial charge in [0.25, 0.3) is 0 Å². The topological polar surface area (TPSA) is 0 Å². The van der Waals surface area contributed by atoms with Crippen molar-refractivity contribution in [2.24, 2.45) is 0 Å². The van der Waals surface area contributed by atoms with Crippen molar-refractivity contribution in [3.05, 3.63) is 20.1 Å². The van der Waals surface area contributed by atoms with Gasteiger partial charge >= 0.3 is 17.1 Å². The normalized spacial score (nSPS) is 23.8. The molecule has 1 atom stereocenters. The van der Waals surface area contributed by atoms with E-state index in [2.05, 4.69) is 0 Å². The molecule has 0 nitrogen and oxygen atoms in total. The summed E-state index contributed by atoms with van der Waals surface area (Å²) in [6.45, 7) is 5.29. The average Bonchev–Trinajstić information content (AvgIpc) is 2.14. The maximum absolute atomic E-state index is 5.29. The standard InChI is InChI=1S/C6H9S.CH3.Fe/c1-2-6-4-3-5-7-6;;/h1-2,6H,3-5H2;1H3;/q2*-1;+2. The zero-order valence-corrected chi connectivity index (χ0v) is 7.54. The Morgan fingerprint density at radius 3 is 2.44 bits per heavy atom. The monoisotopic (exact) mass is 184 g/mol. The van der Waals surface area contributed by atoms with E-state index in [1.165, 1.54) is 18.6 Å². The fourth-order valence-corrected chi connectivity index (χ4v) is 1.83. The van der Waals surface area contributed by atoms with Crippen molar-refractivity contribution in [3.63, 3.8) is 0 Å². The summed E-state index contributed by atoms with van der Waals surface area (Å²) in [5.74, 6) is 1.30. The summed E-state index contributed by atoms with van der Waals surface area (Å²) in [5, 5.41) is 0.667. The van der Waals surface area contributed by atoms with Crippen LogP contribution in [0.1, 0.15) is 12.8 Å². The molecule has 1 unspecified atom stereocenters. The second-order valence-electron chi connectivity index (χ2n) is 1.74. The largest absolute Gasteiger partial charge is 2.00 e. The second-order valence-corrected chi connectivity index (χ2v) is 3.09. The molecule has 1 aliphatic heterocycles. The summed E-state index contributed by atoms with van der Waals surface area (Å²) in [6.07, 6.45) is 4.45. The molecule has 1 aliphatic rings. The Morgan fingerprint density at radius 2 is 2.22 bits per heavy atom. The van der Waals surface area contributed by atoms with Crippen molar-refractivity contribution in [2.75, 3.05) is 5.75 Å². The maximum atomic E-state index is 5.29. The molecule has 0 aromatic heterocycles. The molecule has 0 N–H and O–H groups in total. The van der Waals surface area contributed by atoms with Gasteiger partial charge < -0.3 is 14.0 Å². The summed E-state index contributed by atoms with van der Waals surface area (Å²) in [5.41, 5.74) is 0. The van der Waals surface area contributed by atoms with Gasteiger partial charge in [0.1, 0.15) is 0 Å². The molecule has 0 aromatic rings. The van der Waals surface area contributed by atoms with E-state index in [9.17, 15) is 0 Å². The van der Waals surface area contributed by atoms with Crippen LogP contribution in [0.4, 0.5) is 0 Å². The Kier molecular flexibility index (Phi) is 9.19. The first kappa shape index (κ1) is 12.3. The van der Waals surface area contributed by atoms with Gasteiger partial charge in [-0.2, -0.15) is 11.8 Å². The molecule has 0 aliphatic carbocycles. The van der Waals surface area contributed by atoms with Crippen molar-refractivity contribution in [3.8, 4) is 0 Å². The molecule has 0 bridgehead atoms. The van der Waals surface area contributed by atoms with Crippen LogP contribution in [-0.4, -0.2) is 11.0 Å². The number of hydrogen-bond donors (Lipinski definition) is 0. The molecule has 0 saturated carbocycles. The molecule has 0 aromatic carbocycles. The van der Waals surface area contributed by atoms with Gasteiger partial charge in [-0.3, -0.25) is 6.08 Å². The molecule has 54 valence electrons. The van der Waals surface area contributed by atoms with Crippen LogP contribution in [0.3, 0.4) is 0 Å². The van der Waals surface area contributed by atoms with Crippen LogP contribution in [0, 0.1) is 14.0 Å². The van der Waals surface area contributed by atoms with E-state index < -0.39 is 0 Å². The minimum atomic E-state index is 0. The van der Waals surface area contributed by atoms with Gasteiger partial charge in [0.15, 0.2) is 0 Å². The first-order valence-corrected chi connectivity index (χ1v) is 3.65. The Hall–Kier alpha value is 0.609. The van der Waals surface area contributed by atoms with Crippen LogP contribution in [-0.2, 0) is 17.1 Å². The fraction of sp³-hybridized carbons (Fsp3) is 0.571. The van der Waals surface area contributed by atoms with Gasteiger partial charge in [0, 0.05) is 0 Å².